The number of hydrogen-bond donors (Lipinski definition) is 0. The zero-order chi connectivity index (χ0) is 18.2. The molecule has 1 aliphatic rings. The first-order valence-electron chi connectivity index (χ1n) is 8.14. The Balaban J connectivity index is 1.88. The van der Waals surface area contributed by atoms with Gasteiger partial charge in [0.15, 0.2) is 15.5 Å². The number of rotatable bonds is 4. The van der Waals surface area contributed by atoms with Gasteiger partial charge in [0, 0.05) is 23.3 Å². The van der Waals surface area contributed by atoms with E-state index in [9.17, 15) is 13.2 Å². The minimum atomic E-state index is -3.05. The molecule has 1 atom stereocenters. The molecule has 8 heteroatoms. The number of aromatic nitrogens is 2. The SMILES string of the molecule is CCN(C(=O)c1cc(C)n(-c2cccc(Cl)c2)n1)C1CCS(=O)(=O)C1. The van der Waals surface area contributed by atoms with E-state index in [1.165, 1.54) is 0 Å². The summed E-state index contributed by atoms with van der Waals surface area (Å²) in [6.45, 7) is 4.16. The van der Waals surface area contributed by atoms with Crippen LogP contribution in [0.3, 0.4) is 0 Å². The third-order valence-corrected chi connectivity index (χ3v) is 6.40. The van der Waals surface area contributed by atoms with Crippen LogP contribution in [0, 0.1) is 6.92 Å². The maximum atomic E-state index is 12.9. The molecule has 1 amide bonds. The summed E-state index contributed by atoms with van der Waals surface area (Å²) in [5, 5.41) is 5.00. The van der Waals surface area contributed by atoms with Gasteiger partial charge in [-0.1, -0.05) is 17.7 Å². The van der Waals surface area contributed by atoms with Crippen LogP contribution >= 0.6 is 11.6 Å². The van der Waals surface area contributed by atoms with Crippen LogP contribution in [0.4, 0.5) is 0 Å². The van der Waals surface area contributed by atoms with Gasteiger partial charge in [0.05, 0.1) is 17.2 Å². The number of halogens is 1. The quantitative estimate of drug-likeness (QED) is 0.815. The van der Waals surface area contributed by atoms with Crippen molar-refractivity contribution in [2.45, 2.75) is 26.3 Å². The standard InChI is InChI=1S/C17H20ClN3O3S/c1-3-20(15-7-8-25(23,24)11-15)17(22)16-9-12(2)21(19-16)14-6-4-5-13(18)10-14/h4-6,9-10,15H,3,7-8,11H2,1-2H3. The lowest BCUT2D eigenvalue weighted by Crippen LogP contribution is -2.41. The second-order valence-electron chi connectivity index (χ2n) is 6.21. The zero-order valence-corrected chi connectivity index (χ0v) is 15.7. The van der Waals surface area contributed by atoms with Crippen molar-refractivity contribution >= 4 is 27.3 Å². The number of carbonyl (C=O) groups is 1. The van der Waals surface area contributed by atoms with Crippen molar-refractivity contribution < 1.29 is 13.2 Å². The first-order valence-corrected chi connectivity index (χ1v) is 10.3. The van der Waals surface area contributed by atoms with Crippen molar-refractivity contribution in [3.8, 4) is 5.69 Å². The van der Waals surface area contributed by atoms with E-state index in [0.29, 0.717) is 23.7 Å². The summed E-state index contributed by atoms with van der Waals surface area (Å²) in [5.74, 6) is -0.0775. The lowest BCUT2D eigenvalue weighted by Gasteiger charge is -2.25. The molecule has 1 unspecified atom stereocenters. The molecule has 1 fully saturated rings. The highest BCUT2D eigenvalue weighted by Crippen LogP contribution is 2.21. The monoisotopic (exact) mass is 381 g/mol. The molecule has 0 saturated carbocycles. The van der Waals surface area contributed by atoms with Crippen molar-refractivity contribution in [2.24, 2.45) is 0 Å². The minimum absolute atomic E-state index is 0.0283. The number of benzene rings is 1. The van der Waals surface area contributed by atoms with Crippen LogP contribution in [0.25, 0.3) is 5.69 Å². The molecule has 2 heterocycles. The summed E-state index contributed by atoms with van der Waals surface area (Å²) in [6.07, 6.45) is 0.482. The molecule has 2 aromatic rings. The third-order valence-electron chi connectivity index (χ3n) is 4.41. The maximum absolute atomic E-state index is 12.9. The zero-order valence-electron chi connectivity index (χ0n) is 14.1. The van der Waals surface area contributed by atoms with Crippen molar-refractivity contribution in [2.75, 3.05) is 18.1 Å². The maximum Gasteiger partial charge on any atom is 0.274 e. The van der Waals surface area contributed by atoms with E-state index in [2.05, 4.69) is 5.10 Å². The molecule has 1 saturated heterocycles. The van der Waals surface area contributed by atoms with Crippen LogP contribution in [0.5, 0.6) is 0 Å². The van der Waals surface area contributed by atoms with Gasteiger partial charge >= 0.3 is 0 Å². The highest BCUT2D eigenvalue weighted by atomic mass is 35.5. The number of sulfone groups is 1. The van der Waals surface area contributed by atoms with Gasteiger partial charge in [0.1, 0.15) is 0 Å². The first-order chi connectivity index (χ1) is 11.8. The van der Waals surface area contributed by atoms with E-state index in [1.807, 2.05) is 26.0 Å². The van der Waals surface area contributed by atoms with Crippen LogP contribution in [-0.2, 0) is 9.84 Å². The number of carbonyl (C=O) groups excluding carboxylic acids is 1. The first kappa shape index (κ1) is 17.9. The Morgan fingerprint density at radius 3 is 2.76 bits per heavy atom. The van der Waals surface area contributed by atoms with E-state index in [1.54, 1.807) is 27.8 Å². The van der Waals surface area contributed by atoms with E-state index in [0.717, 1.165) is 11.4 Å². The van der Waals surface area contributed by atoms with E-state index in [4.69, 9.17) is 11.6 Å². The summed E-state index contributed by atoms with van der Waals surface area (Å²) in [5.41, 5.74) is 1.89. The molecule has 0 radical (unpaired) electrons. The molecule has 3 rings (SSSR count). The highest BCUT2D eigenvalue weighted by Gasteiger charge is 2.35. The molecular weight excluding hydrogens is 362 g/mol. The molecule has 6 nitrogen and oxygen atoms in total. The Kier molecular flexibility index (Phi) is 4.88. The Morgan fingerprint density at radius 2 is 2.16 bits per heavy atom. The number of nitrogens with zero attached hydrogens (tertiary/aromatic N) is 3. The molecule has 0 spiro atoms. The molecule has 134 valence electrons. The highest BCUT2D eigenvalue weighted by molar-refractivity contribution is 7.91. The van der Waals surface area contributed by atoms with Crippen LogP contribution in [0.15, 0.2) is 30.3 Å². The smallest absolute Gasteiger partial charge is 0.274 e. The van der Waals surface area contributed by atoms with Gasteiger partial charge in [0.25, 0.3) is 5.91 Å². The fraction of sp³-hybridized carbons (Fsp3) is 0.412. The van der Waals surface area contributed by atoms with Gasteiger partial charge in [-0.3, -0.25) is 4.79 Å². The van der Waals surface area contributed by atoms with E-state index >= 15 is 0 Å². The number of amides is 1. The van der Waals surface area contributed by atoms with Crippen molar-refractivity contribution in [3.05, 3.63) is 46.7 Å². The summed E-state index contributed by atoms with van der Waals surface area (Å²) >= 11 is 6.03. The van der Waals surface area contributed by atoms with Gasteiger partial charge < -0.3 is 4.90 Å². The second-order valence-corrected chi connectivity index (χ2v) is 8.88. The summed E-state index contributed by atoms with van der Waals surface area (Å²) in [7, 11) is -3.05. The molecular formula is C17H20ClN3O3S. The Bertz CT molecular complexity index is 908. The van der Waals surface area contributed by atoms with Crippen LogP contribution in [0.2, 0.25) is 5.02 Å². The molecule has 25 heavy (non-hydrogen) atoms. The van der Waals surface area contributed by atoms with Crippen LogP contribution in [-0.4, -0.2) is 53.1 Å². The van der Waals surface area contributed by atoms with Gasteiger partial charge in [-0.25, -0.2) is 13.1 Å². The van der Waals surface area contributed by atoms with Crippen LogP contribution < -0.4 is 0 Å². The number of hydrogen-bond acceptors (Lipinski definition) is 4. The molecule has 1 aromatic carbocycles. The average molecular weight is 382 g/mol. The van der Waals surface area contributed by atoms with Crippen molar-refractivity contribution in [3.63, 3.8) is 0 Å². The summed E-state index contributed by atoms with van der Waals surface area (Å²) in [6, 6.07) is 8.67. The van der Waals surface area contributed by atoms with Gasteiger partial charge in [-0.05, 0) is 44.5 Å². The third kappa shape index (κ3) is 3.72. The summed E-state index contributed by atoms with van der Waals surface area (Å²) in [4.78, 5) is 14.5. The fourth-order valence-electron chi connectivity index (χ4n) is 3.18. The average Bonchev–Trinajstić information content (AvgIpc) is 3.11. The topological polar surface area (TPSA) is 72.3 Å². The Labute approximate surface area is 152 Å². The van der Waals surface area contributed by atoms with Gasteiger partial charge in [-0.2, -0.15) is 5.10 Å². The Hall–Kier alpha value is -1.86. The normalized spacial score (nSPS) is 19.1. The fourth-order valence-corrected chi connectivity index (χ4v) is 5.10. The predicted octanol–water partition coefficient (Wildman–Crippen LogP) is 2.48. The van der Waals surface area contributed by atoms with Crippen LogP contribution in [0.1, 0.15) is 29.5 Å². The second kappa shape index (κ2) is 6.80. The minimum Gasteiger partial charge on any atom is -0.333 e. The molecule has 0 bridgehead atoms. The van der Waals surface area contributed by atoms with Gasteiger partial charge in [-0.15, -0.1) is 0 Å². The largest absolute Gasteiger partial charge is 0.333 e. The number of aryl methyl sites for hydroxylation is 1. The van der Waals surface area contributed by atoms with E-state index in [-0.39, 0.29) is 23.5 Å². The van der Waals surface area contributed by atoms with E-state index < -0.39 is 9.84 Å². The summed E-state index contributed by atoms with van der Waals surface area (Å²) < 4.78 is 25.1. The van der Waals surface area contributed by atoms with Crippen molar-refractivity contribution in [1.82, 2.24) is 14.7 Å². The predicted molar refractivity (Wildman–Crippen MR) is 97.1 cm³/mol. The van der Waals surface area contributed by atoms with Crippen molar-refractivity contribution in [1.29, 1.82) is 0 Å². The molecule has 0 N–H and O–H groups in total. The molecule has 1 aromatic heterocycles. The lowest BCUT2D eigenvalue weighted by molar-refractivity contribution is 0.0702. The lowest BCUT2D eigenvalue weighted by atomic mass is 10.2. The van der Waals surface area contributed by atoms with Gasteiger partial charge in [0.2, 0.25) is 0 Å². The Morgan fingerprint density at radius 1 is 1.40 bits per heavy atom. The molecule has 1 aliphatic heterocycles. The molecule has 0 aliphatic carbocycles.